The van der Waals surface area contributed by atoms with E-state index in [9.17, 15) is 18.3 Å². The molecule has 4 saturated carbocycles. The maximum atomic E-state index is 13.3. The van der Waals surface area contributed by atoms with Crippen LogP contribution in [-0.4, -0.2) is 73.0 Å². The van der Waals surface area contributed by atoms with E-state index in [1.807, 2.05) is 19.1 Å². The number of anilines is 2. The van der Waals surface area contributed by atoms with Gasteiger partial charge in [-0.2, -0.15) is 0 Å². The predicted molar refractivity (Wildman–Crippen MR) is 145 cm³/mol. The van der Waals surface area contributed by atoms with E-state index in [1.54, 1.807) is 18.3 Å². The third-order valence-electron chi connectivity index (χ3n) is 9.22. The van der Waals surface area contributed by atoms with E-state index in [2.05, 4.69) is 32.0 Å². The summed E-state index contributed by atoms with van der Waals surface area (Å²) in [5.74, 6) is 1.68. The second kappa shape index (κ2) is 9.19. The first-order valence-electron chi connectivity index (χ1n) is 13.7. The highest BCUT2D eigenvalue weighted by Gasteiger charge is 2.55. The van der Waals surface area contributed by atoms with Gasteiger partial charge in [0.05, 0.1) is 10.5 Å². The monoisotopic (exact) mass is 539 g/mol. The standard InChI is InChI=1S/C28H37N5O4S/c1-17-10-22(4-5-24(17)38(3,36)37)32-8-9-33(18(2)16-32)27-29-7-6-23(30-27)26(34)31-25-20-11-19-12-21(25)15-28(35,13-19)14-20/h4-7,10,18-21,25,35H,8-9,11-16H2,1-3H3,(H,31,34). The first kappa shape index (κ1) is 25.6. The molecule has 2 heterocycles. The Morgan fingerprint density at radius 1 is 1.13 bits per heavy atom. The molecule has 3 atom stereocenters. The van der Waals surface area contributed by atoms with Gasteiger partial charge in [0.25, 0.3) is 5.91 Å². The molecule has 0 radical (unpaired) electrons. The highest BCUT2D eigenvalue weighted by molar-refractivity contribution is 7.90. The Kier molecular flexibility index (Phi) is 6.18. The zero-order chi connectivity index (χ0) is 26.8. The molecular weight excluding hydrogens is 502 g/mol. The molecule has 5 fully saturated rings. The lowest BCUT2D eigenvalue weighted by molar-refractivity contribution is -0.136. The van der Waals surface area contributed by atoms with E-state index in [1.165, 1.54) is 6.26 Å². The van der Waals surface area contributed by atoms with Crippen LogP contribution in [0.15, 0.2) is 35.4 Å². The van der Waals surface area contributed by atoms with Gasteiger partial charge in [0, 0.05) is 49.9 Å². The summed E-state index contributed by atoms with van der Waals surface area (Å²) >= 11 is 0. The Morgan fingerprint density at radius 2 is 1.87 bits per heavy atom. The molecule has 1 amide bonds. The van der Waals surface area contributed by atoms with Gasteiger partial charge in [-0.3, -0.25) is 4.79 Å². The first-order valence-corrected chi connectivity index (χ1v) is 15.6. The third-order valence-corrected chi connectivity index (χ3v) is 10.5. The topological polar surface area (TPSA) is 116 Å². The maximum absolute atomic E-state index is 13.3. The van der Waals surface area contributed by atoms with Crippen LogP contribution in [0.4, 0.5) is 11.6 Å². The fourth-order valence-electron chi connectivity index (χ4n) is 7.79. The molecule has 9 nitrogen and oxygen atoms in total. The molecule has 7 rings (SSSR count). The largest absolute Gasteiger partial charge is 0.390 e. The van der Waals surface area contributed by atoms with Crippen molar-refractivity contribution >= 4 is 27.4 Å². The summed E-state index contributed by atoms with van der Waals surface area (Å²) in [6, 6.07) is 7.38. The normalized spacial score (nSPS) is 32.5. The highest BCUT2D eigenvalue weighted by Crippen LogP contribution is 2.55. The van der Waals surface area contributed by atoms with Gasteiger partial charge in [-0.25, -0.2) is 18.4 Å². The number of aromatic nitrogens is 2. The molecular formula is C28H37N5O4S. The lowest BCUT2D eigenvalue weighted by Crippen LogP contribution is -2.61. The van der Waals surface area contributed by atoms with Crippen LogP contribution < -0.4 is 15.1 Å². The SMILES string of the molecule is Cc1cc(N2CCN(c3nccc(C(=O)NC4C5CC6CC4CC(O)(C6)C5)n3)C(C)C2)ccc1S(C)(=O)=O. The average molecular weight is 540 g/mol. The highest BCUT2D eigenvalue weighted by atomic mass is 32.2. The summed E-state index contributed by atoms with van der Waals surface area (Å²) in [7, 11) is -3.25. The molecule has 2 N–H and O–H groups in total. The summed E-state index contributed by atoms with van der Waals surface area (Å²) in [5.41, 5.74) is 1.60. The van der Waals surface area contributed by atoms with E-state index < -0.39 is 15.4 Å². The van der Waals surface area contributed by atoms with Crippen molar-refractivity contribution in [2.75, 3.05) is 35.7 Å². The summed E-state index contributed by atoms with van der Waals surface area (Å²) in [4.78, 5) is 27.2. The third kappa shape index (κ3) is 4.66. The Morgan fingerprint density at radius 3 is 2.50 bits per heavy atom. The van der Waals surface area contributed by atoms with E-state index in [0.717, 1.165) is 56.4 Å². The molecule has 38 heavy (non-hydrogen) atoms. The van der Waals surface area contributed by atoms with Crippen LogP contribution in [0.1, 0.15) is 55.1 Å². The molecule has 4 bridgehead atoms. The lowest BCUT2D eigenvalue weighted by Gasteiger charge is -2.58. The number of hydrogen-bond donors (Lipinski definition) is 2. The zero-order valence-corrected chi connectivity index (χ0v) is 23.1. The van der Waals surface area contributed by atoms with Gasteiger partial charge in [0.2, 0.25) is 5.95 Å². The Hall–Kier alpha value is -2.72. The second-order valence-corrected chi connectivity index (χ2v) is 14.1. The van der Waals surface area contributed by atoms with Crippen LogP contribution in [0, 0.1) is 24.7 Å². The molecule has 1 aromatic carbocycles. The minimum atomic E-state index is -3.25. The Balaban J connectivity index is 1.12. The molecule has 1 aromatic heterocycles. The number of hydrogen-bond acceptors (Lipinski definition) is 8. The number of sulfone groups is 1. The quantitative estimate of drug-likeness (QED) is 0.596. The zero-order valence-electron chi connectivity index (χ0n) is 22.3. The van der Waals surface area contributed by atoms with Crippen LogP contribution in [0.3, 0.4) is 0 Å². The first-order chi connectivity index (χ1) is 18.0. The summed E-state index contributed by atoms with van der Waals surface area (Å²) in [6.45, 7) is 6.09. The second-order valence-electron chi connectivity index (χ2n) is 12.1. The Bertz CT molecular complexity index is 1350. The summed E-state index contributed by atoms with van der Waals surface area (Å²) in [5, 5.41) is 14.1. The molecule has 2 aromatic rings. The summed E-state index contributed by atoms with van der Waals surface area (Å²) in [6.07, 6.45) is 7.58. The molecule has 10 heteroatoms. The number of nitrogens with one attached hydrogen (secondary N) is 1. The van der Waals surface area contributed by atoms with E-state index >= 15 is 0 Å². The maximum Gasteiger partial charge on any atom is 0.270 e. The predicted octanol–water partition coefficient (Wildman–Crippen LogP) is 2.57. The van der Waals surface area contributed by atoms with Crippen LogP contribution in [-0.2, 0) is 9.84 Å². The van der Waals surface area contributed by atoms with Crippen molar-refractivity contribution < 1.29 is 18.3 Å². The van der Waals surface area contributed by atoms with Crippen molar-refractivity contribution in [3.8, 4) is 0 Å². The van der Waals surface area contributed by atoms with Crippen LogP contribution in [0.2, 0.25) is 0 Å². The van der Waals surface area contributed by atoms with Crippen LogP contribution in [0.25, 0.3) is 0 Å². The molecule has 5 aliphatic rings. The van der Waals surface area contributed by atoms with Crippen molar-refractivity contribution in [3.63, 3.8) is 0 Å². The van der Waals surface area contributed by atoms with Crippen molar-refractivity contribution in [3.05, 3.63) is 41.7 Å². The number of aryl methyl sites for hydroxylation is 1. The van der Waals surface area contributed by atoms with E-state index in [4.69, 9.17) is 0 Å². The number of carbonyl (C=O) groups is 1. The van der Waals surface area contributed by atoms with Gasteiger partial charge in [0.1, 0.15) is 5.69 Å². The van der Waals surface area contributed by atoms with Gasteiger partial charge in [-0.05, 0) is 93.5 Å². The molecule has 3 unspecified atom stereocenters. The molecule has 1 saturated heterocycles. The molecule has 0 spiro atoms. The van der Waals surface area contributed by atoms with Gasteiger partial charge < -0.3 is 20.2 Å². The van der Waals surface area contributed by atoms with E-state index in [0.29, 0.717) is 40.8 Å². The minimum Gasteiger partial charge on any atom is -0.390 e. The number of piperazine rings is 1. The van der Waals surface area contributed by atoms with Crippen LogP contribution in [0.5, 0.6) is 0 Å². The fraction of sp³-hybridized carbons (Fsp3) is 0.607. The molecule has 4 aliphatic carbocycles. The number of nitrogens with zero attached hydrogens (tertiary/aromatic N) is 4. The van der Waals surface area contributed by atoms with Crippen molar-refractivity contribution in [1.82, 2.24) is 15.3 Å². The number of amides is 1. The fourth-order valence-corrected chi connectivity index (χ4v) is 8.75. The smallest absolute Gasteiger partial charge is 0.270 e. The number of benzene rings is 1. The molecule has 1 aliphatic heterocycles. The number of carbonyl (C=O) groups excluding carboxylic acids is 1. The molecule has 204 valence electrons. The van der Waals surface area contributed by atoms with Crippen molar-refractivity contribution in [1.29, 1.82) is 0 Å². The van der Waals surface area contributed by atoms with Gasteiger partial charge >= 0.3 is 0 Å². The van der Waals surface area contributed by atoms with Gasteiger partial charge in [0.15, 0.2) is 9.84 Å². The average Bonchev–Trinajstić information content (AvgIpc) is 2.84. The van der Waals surface area contributed by atoms with E-state index in [-0.39, 0.29) is 18.0 Å². The number of rotatable bonds is 5. The minimum absolute atomic E-state index is 0.0992. The van der Waals surface area contributed by atoms with Crippen molar-refractivity contribution in [2.24, 2.45) is 17.8 Å². The Labute approximate surface area is 224 Å². The van der Waals surface area contributed by atoms with Gasteiger partial charge in [-0.15, -0.1) is 0 Å². The lowest BCUT2D eigenvalue weighted by atomic mass is 9.52. The number of aliphatic hydroxyl groups is 1. The van der Waals surface area contributed by atoms with Crippen LogP contribution >= 0.6 is 0 Å². The van der Waals surface area contributed by atoms with Gasteiger partial charge in [-0.1, -0.05) is 0 Å². The van der Waals surface area contributed by atoms with Crippen molar-refractivity contribution in [2.45, 2.75) is 68.5 Å². The summed E-state index contributed by atoms with van der Waals surface area (Å²) < 4.78 is 24.0.